The van der Waals surface area contributed by atoms with Gasteiger partial charge in [-0.3, -0.25) is 24.2 Å². The van der Waals surface area contributed by atoms with Crippen LogP contribution in [0, 0.1) is 11.6 Å². The zero-order valence-corrected chi connectivity index (χ0v) is 40.1. The lowest BCUT2D eigenvalue weighted by atomic mass is 10.1. The first-order chi connectivity index (χ1) is 31.2. The molecule has 27 heteroatoms. The lowest BCUT2D eigenvalue weighted by Gasteiger charge is -2.27. The first-order valence-electron chi connectivity index (χ1n) is 19.0. The molecule has 4 amide bonds. The van der Waals surface area contributed by atoms with E-state index in [0.717, 1.165) is -0.0619 Å². The van der Waals surface area contributed by atoms with E-state index >= 15 is 0 Å². The van der Waals surface area contributed by atoms with Crippen LogP contribution >= 0.6 is 67.8 Å². The van der Waals surface area contributed by atoms with Crippen LogP contribution in [-0.4, -0.2) is 133 Å². The van der Waals surface area contributed by atoms with Crippen molar-refractivity contribution in [2.24, 2.45) is 15.9 Å². The molecule has 2 atom stereocenters. The number of nitrogens with zero attached hydrogens (tertiary/aromatic N) is 10. The fourth-order valence-electron chi connectivity index (χ4n) is 6.07. The fraction of sp³-hybridized carbons (Fsp3) is 0.316. The van der Waals surface area contributed by atoms with Gasteiger partial charge in [0.05, 0.1) is 61.3 Å². The molecule has 0 spiro atoms. The Hall–Kier alpha value is -5.57. The molecule has 346 valence electrons. The molecule has 3 N–H and O–H groups in total. The SMILES string of the molecule is IC(I)I.NC[C@H]1CN(c2ccc(N3C=NN(C=O)CC3)c(F)c2)C(=O)O1.O=C(O)c1ccno1.O=CN1CCN(c2ccc(N3C[C@H](CCC(=O)c4ccno4)OC3=O)cc2F)C=N1. The third kappa shape index (κ3) is 14.5. The number of alkyl halides is 3. The first-order valence-corrected chi connectivity index (χ1v) is 22.8. The zero-order valence-electron chi connectivity index (χ0n) is 33.6. The highest BCUT2D eigenvalue weighted by Crippen LogP contribution is 2.30. The first kappa shape index (κ1) is 50.4. The minimum Gasteiger partial charge on any atom is -0.475 e. The van der Waals surface area contributed by atoms with Crippen molar-refractivity contribution in [3.8, 4) is 0 Å². The number of halogens is 5. The van der Waals surface area contributed by atoms with Crippen molar-refractivity contribution in [2.45, 2.75) is 25.0 Å². The summed E-state index contributed by atoms with van der Waals surface area (Å²) < 4.78 is 49.2. The maximum absolute atomic E-state index is 14.7. The third-order valence-electron chi connectivity index (χ3n) is 9.23. The number of anilines is 4. The molecule has 6 heterocycles. The molecular formula is C38H38F2I3N11O11. The average molecular weight is 1240 g/mol. The van der Waals surface area contributed by atoms with Crippen LogP contribution in [0.15, 0.2) is 80.2 Å². The standard InChI is InChI=1S/C19H18FN5O5.C14H16FN5O3.C4H3NO3.CHI3/c20-15-9-13(1-3-16(15)23-7-8-24(12-26)21-11-23)25-10-14(29-19(25)28)2-4-17(27)18-5-6-22-30-18;15-12-5-10(20-7-11(6-16)23-14(20)22)1-2-13(12)18-3-4-19(9-21)17-8-18;6-4(7)3-1-2-5-8-3;2-1(3)4/h1,3,5-6,9,11-12,14H,2,4,7-8,10H2;1-2,5,8-9,11H,3-4,6-7,16H2;1-2H,(H,6,7);1H/t14-;11-;;/m00../s1. The number of carboxylic acids is 1. The second kappa shape index (κ2) is 24.6. The molecule has 2 fully saturated rings. The van der Waals surface area contributed by atoms with Gasteiger partial charge >= 0.3 is 18.2 Å². The van der Waals surface area contributed by atoms with Gasteiger partial charge in [0.2, 0.25) is 30.1 Å². The Bertz CT molecular complexity index is 2330. The van der Waals surface area contributed by atoms with Crippen LogP contribution in [0.2, 0.25) is 0 Å². The van der Waals surface area contributed by atoms with E-state index in [1.807, 2.05) is 0 Å². The second-order valence-electron chi connectivity index (χ2n) is 13.4. The maximum Gasteiger partial charge on any atom is 0.414 e. The molecule has 2 saturated heterocycles. The van der Waals surface area contributed by atoms with Gasteiger partial charge in [-0.2, -0.15) is 10.2 Å². The summed E-state index contributed by atoms with van der Waals surface area (Å²) in [7, 11) is 0. The summed E-state index contributed by atoms with van der Waals surface area (Å²) >= 11 is 6.95. The second-order valence-corrected chi connectivity index (χ2v) is 24.3. The molecule has 2 aromatic carbocycles. The Kier molecular flexibility index (Phi) is 19.1. The number of aromatic carboxylic acids is 1. The van der Waals surface area contributed by atoms with Crippen LogP contribution in [0.1, 0.15) is 34.0 Å². The highest BCUT2D eigenvalue weighted by Gasteiger charge is 2.34. The molecule has 22 nitrogen and oxygen atoms in total. The topological polar surface area (TPSA) is 263 Å². The van der Waals surface area contributed by atoms with E-state index in [-0.39, 0.29) is 48.6 Å². The zero-order chi connectivity index (χ0) is 47.0. The number of hydrogen-bond acceptors (Lipinski definition) is 17. The van der Waals surface area contributed by atoms with Crippen molar-refractivity contribution < 1.29 is 61.2 Å². The van der Waals surface area contributed by atoms with Crippen LogP contribution in [0.4, 0.5) is 41.1 Å². The van der Waals surface area contributed by atoms with Crippen LogP contribution in [-0.2, 0) is 19.1 Å². The molecule has 0 bridgehead atoms. The Morgan fingerprint density at radius 2 is 1.22 bits per heavy atom. The van der Waals surface area contributed by atoms with Gasteiger partial charge in [0.15, 0.2) is 0 Å². The summed E-state index contributed by atoms with van der Waals surface area (Å²) in [5.74, 6) is -2.32. The van der Waals surface area contributed by atoms with E-state index in [1.165, 1.54) is 69.2 Å². The Balaban J connectivity index is 0.000000199. The highest BCUT2D eigenvalue weighted by atomic mass is 127. The lowest BCUT2D eigenvalue weighted by molar-refractivity contribution is -0.118. The third-order valence-corrected chi connectivity index (χ3v) is 9.23. The minimum atomic E-state index is -1.09. The molecular weight excluding hydrogens is 1210 g/mol. The monoisotopic (exact) mass is 1240 g/mol. The number of nitrogens with two attached hydrogens (primary N) is 1. The summed E-state index contributed by atoms with van der Waals surface area (Å²) in [5, 5.41) is 25.0. The average Bonchev–Trinajstić information content (AvgIpc) is 4.15. The molecule has 4 aromatic rings. The lowest BCUT2D eigenvalue weighted by Crippen LogP contribution is -2.37. The van der Waals surface area contributed by atoms with E-state index in [9.17, 15) is 37.5 Å². The number of ether oxygens (including phenoxy) is 2. The smallest absolute Gasteiger partial charge is 0.414 e. The number of benzene rings is 2. The number of carboxylic acid groups (broad SMARTS) is 1. The van der Waals surface area contributed by atoms with E-state index in [2.05, 4.69) is 92.8 Å². The molecule has 0 aliphatic carbocycles. The van der Waals surface area contributed by atoms with Gasteiger partial charge in [0.25, 0.3) is 0 Å². The summed E-state index contributed by atoms with van der Waals surface area (Å²) in [4.78, 5) is 73.1. The van der Waals surface area contributed by atoms with Crippen molar-refractivity contribution in [2.75, 3.05) is 65.4 Å². The number of aromatic nitrogens is 2. The predicted octanol–water partition coefficient (Wildman–Crippen LogP) is 5.30. The van der Waals surface area contributed by atoms with Crippen LogP contribution in [0.5, 0.6) is 0 Å². The number of carbonyl (C=O) groups excluding carboxylic acids is 5. The Labute approximate surface area is 409 Å². The molecule has 65 heavy (non-hydrogen) atoms. The number of cyclic esters (lactones) is 2. The largest absolute Gasteiger partial charge is 0.475 e. The van der Waals surface area contributed by atoms with E-state index in [0.29, 0.717) is 69.0 Å². The summed E-state index contributed by atoms with van der Waals surface area (Å²) in [6.07, 6.45) is 5.10. The molecule has 4 aliphatic rings. The number of amides is 4. The van der Waals surface area contributed by atoms with Crippen LogP contribution < -0.4 is 25.3 Å². The van der Waals surface area contributed by atoms with E-state index in [1.54, 1.807) is 34.1 Å². The van der Waals surface area contributed by atoms with Crippen molar-refractivity contribution >= 4 is 140 Å². The number of carbonyl (C=O) groups is 6. The van der Waals surface area contributed by atoms with Gasteiger partial charge in [-0.15, -0.1) is 0 Å². The summed E-state index contributed by atoms with van der Waals surface area (Å²) in [6, 6.07) is 11.6. The Morgan fingerprint density at radius 1 is 0.754 bits per heavy atom. The highest BCUT2D eigenvalue weighted by molar-refractivity contribution is 14.3. The van der Waals surface area contributed by atoms with E-state index in [4.69, 9.17) is 24.8 Å². The van der Waals surface area contributed by atoms with Crippen molar-refractivity contribution in [3.05, 3.63) is 84.1 Å². The molecule has 0 radical (unpaired) electrons. The van der Waals surface area contributed by atoms with Gasteiger partial charge in [-0.25, -0.2) is 33.2 Å². The van der Waals surface area contributed by atoms with Crippen molar-refractivity contribution in [3.63, 3.8) is 0 Å². The van der Waals surface area contributed by atoms with Gasteiger partial charge in [0.1, 0.15) is 36.5 Å². The number of ketones is 1. The van der Waals surface area contributed by atoms with Crippen molar-refractivity contribution in [1.29, 1.82) is 0 Å². The molecule has 2 aromatic heterocycles. The fourth-order valence-corrected chi connectivity index (χ4v) is 6.07. The minimum absolute atomic E-state index is 0.134. The molecule has 4 aliphatic heterocycles. The molecule has 0 saturated carbocycles. The van der Waals surface area contributed by atoms with Gasteiger partial charge in [-0.1, -0.05) is 78.1 Å². The molecule has 8 rings (SSSR count). The van der Waals surface area contributed by atoms with Crippen LogP contribution in [0.25, 0.3) is 0 Å². The van der Waals surface area contributed by atoms with Crippen molar-refractivity contribution in [1.82, 2.24) is 20.3 Å². The Morgan fingerprint density at radius 3 is 1.57 bits per heavy atom. The number of hydrogen-bond donors (Lipinski definition) is 2. The number of Topliss-reactive ketones (excluding diaryl/α,β-unsaturated/α-hetero) is 1. The van der Waals surface area contributed by atoms with Gasteiger partial charge < -0.3 is 39.2 Å². The quantitative estimate of drug-likeness (QED) is 0.0789. The predicted molar refractivity (Wildman–Crippen MR) is 254 cm³/mol. The van der Waals surface area contributed by atoms with Gasteiger partial charge in [0, 0.05) is 38.2 Å². The number of hydrazone groups is 2. The summed E-state index contributed by atoms with van der Waals surface area (Å²) in [6.45, 7) is 2.27. The van der Waals surface area contributed by atoms with Gasteiger partial charge in [-0.05, 0) is 42.8 Å². The maximum atomic E-state index is 14.7. The number of rotatable bonds is 12. The van der Waals surface area contributed by atoms with E-state index < -0.39 is 35.9 Å². The van der Waals surface area contributed by atoms with Crippen LogP contribution in [0.3, 0.4) is 0 Å². The summed E-state index contributed by atoms with van der Waals surface area (Å²) in [5.41, 5.74) is 6.86. The normalized spacial score (nSPS) is 17.6. The molecule has 0 unspecified atom stereocenters.